The van der Waals surface area contributed by atoms with Gasteiger partial charge in [-0.25, -0.2) is 27.5 Å². The van der Waals surface area contributed by atoms with Gasteiger partial charge in [0.15, 0.2) is 11.5 Å². The van der Waals surface area contributed by atoms with Crippen LogP contribution in [0.5, 0.6) is 0 Å². The molecule has 6 aromatic rings. The molecule has 0 fully saturated rings. The molecule has 9 nitrogen and oxygen atoms in total. The number of imidazole rings is 1. The Bertz CT molecular complexity index is 1880. The number of aromatic amines is 2. The van der Waals surface area contributed by atoms with E-state index >= 15 is 0 Å². The van der Waals surface area contributed by atoms with E-state index in [0.29, 0.717) is 39.4 Å². The molecule has 37 heavy (non-hydrogen) atoms. The molecule has 0 saturated carbocycles. The highest BCUT2D eigenvalue weighted by molar-refractivity contribution is 7.88. The Morgan fingerprint density at radius 3 is 2.59 bits per heavy atom. The summed E-state index contributed by atoms with van der Waals surface area (Å²) >= 11 is 0. The zero-order valence-corrected chi connectivity index (χ0v) is 20.3. The SMILES string of the molecule is CS(=O)(=O)NCc1cc(F)cc(-c2ccnc3[nH]c(-c4n[nH]c5ccc(-c6ccncc6)cc45)nc23)c1. The van der Waals surface area contributed by atoms with Gasteiger partial charge in [0.2, 0.25) is 10.0 Å². The van der Waals surface area contributed by atoms with Crippen LogP contribution in [-0.2, 0) is 16.6 Å². The van der Waals surface area contributed by atoms with Crippen molar-refractivity contribution in [1.29, 1.82) is 0 Å². The van der Waals surface area contributed by atoms with Crippen LogP contribution >= 0.6 is 0 Å². The number of H-pyrrole nitrogens is 2. The van der Waals surface area contributed by atoms with E-state index in [0.717, 1.165) is 28.3 Å². The molecule has 0 amide bonds. The van der Waals surface area contributed by atoms with Gasteiger partial charge >= 0.3 is 0 Å². The summed E-state index contributed by atoms with van der Waals surface area (Å²) < 4.78 is 39.8. The van der Waals surface area contributed by atoms with Crippen LogP contribution in [0.25, 0.3) is 55.8 Å². The maximum absolute atomic E-state index is 14.5. The van der Waals surface area contributed by atoms with Crippen LogP contribution in [-0.4, -0.2) is 44.8 Å². The van der Waals surface area contributed by atoms with Crippen molar-refractivity contribution in [3.8, 4) is 33.8 Å². The van der Waals surface area contributed by atoms with Gasteiger partial charge < -0.3 is 4.98 Å². The maximum atomic E-state index is 14.5. The molecule has 0 bridgehead atoms. The molecule has 6 rings (SSSR count). The van der Waals surface area contributed by atoms with Crippen LogP contribution in [0.1, 0.15) is 5.56 Å². The minimum atomic E-state index is -3.42. The molecule has 4 aromatic heterocycles. The molecule has 0 unspecified atom stereocenters. The third-order valence-electron chi connectivity index (χ3n) is 5.99. The van der Waals surface area contributed by atoms with Gasteiger partial charge in [-0.3, -0.25) is 10.1 Å². The number of fused-ring (bicyclic) bond motifs is 2. The van der Waals surface area contributed by atoms with Crippen LogP contribution in [0.3, 0.4) is 0 Å². The van der Waals surface area contributed by atoms with Crippen molar-refractivity contribution in [1.82, 2.24) is 34.9 Å². The van der Waals surface area contributed by atoms with E-state index in [9.17, 15) is 12.8 Å². The first-order chi connectivity index (χ1) is 17.8. The topological polar surface area (TPSA) is 129 Å². The minimum Gasteiger partial charge on any atom is -0.321 e. The van der Waals surface area contributed by atoms with Gasteiger partial charge in [-0.05, 0) is 70.8 Å². The van der Waals surface area contributed by atoms with Crippen molar-refractivity contribution in [3.05, 3.63) is 84.6 Å². The summed E-state index contributed by atoms with van der Waals surface area (Å²) in [5, 5.41) is 8.42. The first kappa shape index (κ1) is 23.0. The summed E-state index contributed by atoms with van der Waals surface area (Å²) in [6.45, 7) is -0.0251. The number of aromatic nitrogens is 6. The molecular weight excluding hydrogens is 493 g/mol. The van der Waals surface area contributed by atoms with Crippen LogP contribution in [0.15, 0.2) is 73.2 Å². The predicted molar refractivity (Wildman–Crippen MR) is 139 cm³/mol. The molecule has 0 spiro atoms. The number of pyridine rings is 2. The number of rotatable bonds is 6. The van der Waals surface area contributed by atoms with Gasteiger partial charge in [0.05, 0.1) is 11.8 Å². The van der Waals surface area contributed by atoms with E-state index in [1.807, 2.05) is 30.3 Å². The zero-order chi connectivity index (χ0) is 25.6. The van der Waals surface area contributed by atoms with E-state index in [4.69, 9.17) is 4.98 Å². The van der Waals surface area contributed by atoms with Gasteiger partial charge in [-0.15, -0.1) is 0 Å². The second-order valence-electron chi connectivity index (χ2n) is 8.65. The summed E-state index contributed by atoms with van der Waals surface area (Å²) in [5.74, 6) is 0.0360. The fourth-order valence-corrected chi connectivity index (χ4v) is 4.73. The second-order valence-corrected chi connectivity index (χ2v) is 10.5. The lowest BCUT2D eigenvalue weighted by atomic mass is 10.0. The van der Waals surface area contributed by atoms with Crippen molar-refractivity contribution in [2.24, 2.45) is 0 Å². The lowest BCUT2D eigenvalue weighted by Gasteiger charge is -2.07. The Kier molecular flexibility index (Phi) is 5.50. The van der Waals surface area contributed by atoms with Crippen LogP contribution < -0.4 is 4.72 Å². The Morgan fingerprint density at radius 1 is 0.946 bits per heavy atom. The van der Waals surface area contributed by atoms with E-state index in [1.54, 1.807) is 30.7 Å². The molecule has 2 aromatic carbocycles. The first-order valence-electron chi connectivity index (χ1n) is 11.3. The number of hydrogen-bond acceptors (Lipinski definition) is 6. The van der Waals surface area contributed by atoms with Gasteiger partial charge in [0.1, 0.15) is 17.0 Å². The van der Waals surface area contributed by atoms with Crippen LogP contribution in [0.4, 0.5) is 4.39 Å². The molecular formula is C26H20FN7O2S. The molecule has 0 atom stereocenters. The molecule has 3 N–H and O–H groups in total. The van der Waals surface area contributed by atoms with E-state index in [2.05, 4.69) is 29.9 Å². The molecule has 184 valence electrons. The fraction of sp³-hybridized carbons (Fsp3) is 0.0769. The van der Waals surface area contributed by atoms with Gasteiger partial charge in [0.25, 0.3) is 0 Å². The maximum Gasteiger partial charge on any atom is 0.209 e. The van der Waals surface area contributed by atoms with Crippen molar-refractivity contribution in [3.63, 3.8) is 0 Å². The summed E-state index contributed by atoms with van der Waals surface area (Å²) in [6, 6.07) is 16.1. The van der Waals surface area contributed by atoms with Crippen LogP contribution in [0.2, 0.25) is 0 Å². The second kappa shape index (κ2) is 8.87. The smallest absolute Gasteiger partial charge is 0.209 e. The molecule has 0 aliphatic rings. The molecule has 0 aliphatic heterocycles. The highest BCUT2D eigenvalue weighted by Crippen LogP contribution is 2.33. The largest absolute Gasteiger partial charge is 0.321 e. The predicted octanol–water partition coefficient (Wildman–Crippen LogP) is 4.42. The average Bonchev–Trinajstić information content (AvgIpc) is 3.51. The molecule has 11 heteroatoms. The minimum absolute atomic E-state index is 0.0251. The summed E-state index contributed by atoms with van der Waals surface area (Å²) in [4.78, 5) is 16.5. The summed E-state index contributed by atoms with van der Waals surface area (Å²) in [6.07, 6.45) is 6.17. The van der Waals surface area contributed by atoms with E-state index < -0.39 is 15.8 Å². The third-order valence-corrected chi connectivity index (χ3v) is 6.66. The Labute approximate surface area is 210 Å². The highest BCUT2D eigenvalue weighted by Gasteiger charge is 2.17. The number of halogens is 1. The molecule has 0 aliphatic carbocycles. The Hall–Kier alpha value is -4.48. The third kappa shape index (κ3) is 4.57. The van der Waals surface area contributed by atoms with Crippen molar-refractivity contribution in [2.45, 2.75) is 6.54 Å². The standard InChI is InChI=1S/C26H20FN7O2S/c1-37(35,36)30-14-15-10-18(12-19(27)11-15)20-6-9-29-25-23(20)31-26(32-25)24-21-13-17(2-3-22(21)33-34-24)16-4-7-28-8-5-16/h2-13,30H,14H2,1H3,(H,33,34)(H,29,31,32). The number of nitrogens with zero attached hydrogens (tertiary/aromatic N) is 4. The Balaban J connectivity index is 1.44. The fourth-order valence-electron chi connectivity index (χ4n) is 4.30. The van der Waals surface area contributed by atoms with E-state index in [1.165, 1.54) is 12.1 Å². The molecule has 4 heterocycles. The number of benzene rings is 2. The van der Waals surface area contributed by atoms with Gasteiger partial charge in [-0.1, -0.05) is 6.07 Å². The van der Waals surface area contributed by atoms with Gasteiger partial charge in [-0.2, -0.15) is 5.10 Å². The lowest BCUT2D eigenvalue weighted by molar-refractivity contribution is 0.586. The molecule has 0 radical (unpaired) electrons. The van der Waals surface area contributed by atoms with Crippen LogP contribution in [0, 0.1) is 5.82 Å². The lowest BCUT2D eigenvalue weighted by Crippen LogP contribution is -2.21. The molecule has 0 saturated heterocycles. The Morgan fingerprint density at radius 2 is 1.78 bits per heavy atom. The monoisotopic (exact) mass is 513 g/mol. The zero-order valence-electron chi connectivity index (χ0n) is 19.5. The quantitative estimate of drug-likeness (QED) is 0.302. The number of sulfonamides is 1. The summed E-state index contributed by atoms with van der Waals surface area (Å²) in [7, 11) is -3.42. The average molecular weight is 514 g/mol. The van der Waals surface area contributed by atoms with Crippen molar-refractivity contribution in [2.75, 3.05) is 6.26 Å². The van der Waals surface area contributed by atoms with Gasteiger partial charge in [0, 0.05) is 36.1 Å². The number of nitrogens with one attached hydrogen (secondary N) is 3. The van der Waals surface area contributed by atoms with E-state index in [-0.39, 0.29) is 6.54 Å². The normalized spacial score (nSPS) is 11.9. The van der Waals surface area contributed by atoms with Crippen molar-refractivity contribution < 1.29 is 12.8 Å². The van der Waals surface area contributed by atoms with Crippen molar-refractivity contribution >= 4 is 32.1 Å². The highest BCUT2D eigenvalue weighted by atomic mass is 32.2. The first-order valence-corrected chi connectivity index (χ1v) is 13.2. The summed E-state index contributed by atoms with van der Waals surface area (Å²) in [5.41, 5.74) is 6.31. The number of hydrogen-bond donors (Lipinski definition) is 3.